The molecule has 0 saturated heterocycles. The van der Waals surface area contributed by atoms with Gasteiger partial charge in [0.2, 0.25) is 0 Å². The maximum atomic E-state index is 13.3. The van der Waals surface area contributed by atoms with E-state index in [0.29, 0.717) is 15.8 Å². The van der Waals surface area contributed by atoms with Crippen LogP contribution in [-0.2, 0) is 0 Å². The summed E-state index contributed by atoms with van der Waals surface area (Å²) >= 11 is 9.25. The molecule has 0 amide bonds. The van der Waals surface area contributed by atoms with E-state index in [0.717, 1.165) is 10.4 Å². The Labute approximate surface area is 155 Å². The SMILES string of the molecule is O=c1[nH]c(C(Cl)=Cc2cccc(F)c2)nc2scc(-c3cccs3)c12. The molecule has 4 aromatic rings. The minimum absolute atomic E-state index is 0.240. The Hall–Kier alpha value is -2.28. The molecule has 0 aliphatic carbocycles. The number of aromatic nitrogens is 2. The number of nitrogens with one attached hydrogen (secondary N) is 1. The van der Waals surface area contributed by atoms with Crippen LogP contribution < -0.4 is 5.56 Å². The van der Waals surface area contributed by atoms with Crippen molar-refractivity contribution in [2.45, 2.75) is 0 Å². The Morgan fingerprint density at radius 3 is 2.88 bits per heavy atom. The van der Waals surface area contributed by atoms with Gasteiger partial charge in [0.1, 0.15) is 10.6 Å². The summed E-state index contributed by atoms with van der Waals surface area (Å²) < 4.78 is 13.3. The average Bonchev–Trinajstić information content (AvgIpc) is 3.23. The third-order valence-electron chi connectivity index (χ3n) is 3.60. The van der Waals surface area contributed by atoms with Gasteiger partial charge in [0.25, 0.3) is 5.56 Å². The van der Waals surface area contributed by atoms with Crippen LogP contribution in [0.5, 0.6) is 0 Å². The van der Waals surface area contributed by atoms with Crippen LogP contribution in [0, 0.1) is 5.82 Å². The second-order valence-corrected chi connectivity index (χ2v) is 7.48. The zero-order valence-electron chi connectivity index (χ0n) is 12.6. The molecule has 0 aliphatic heterocycles. The lowest BCUT2D eigenvalue weighted by Gasteiger charge is -2.01. The van der Waals surface area contributed by atoms with Gasteiger partial charge in [-0.05, 0) is 35.2 Å². The van der Waals surface area contributed by atoms with Crippen LogP contribution in [0.15, 0.2) is 52.0 Å². The highest BCUT2D eigenvalue weighted by Crippen LogP contribution is 2.34. The number of hydrogen-bond donors (Lipinski definition) is 1. The first-order valence-corrected chi connectivity index (χ1v) is 9.44. The van der Waals surface area contributed by atoms with Gasteiger partial charge in [0.05, 0.1) is 10.4 Å². The largest absolute Gasteiger partial charge is 0.305 e. The molecule has 0 bridgehead atoms. The minimum atomic E-state index is -0.353. The quantitative estimate of drug-likeness (QED) is 0.497. The van der Waals surface area contributed by atoms with Gasteiger partial charge < -0.3 is 4.98 Å². The third kappa shape index (κ3) is 3.16. The van der Waals surface area contributed by atoms with E-state index >= 15 is 0 Å². The van der Waals surface area contributed by atoms with Crippen molar-refractivity contribution in [3.8, 4) is 10.4 Å². The van der Waals surface area contributed by atoms with E-state index < -0.39 is 0 Å². The molecule has 0 atom stereocenters. The van der Waals surface area contributed by atoms with Gasteiger partial charge in [0, 0.05) is 15.8 Å². The summed E-state index contributed by atoms with van der Waals surface area (Å²) in [5, 5.41) is 4.70. The van der Waals surface area contributed by atoms with Crippen LogP contribution in [-0.4, -0.2) is 9.97 Å². The molecule has 1 aromatic carbocycles. The van der Waals surface area contributed by atoms with E-state index in [4.69, 9.17) is 11.6 Å². The second-order valence-electron chi connectivity index (χ2n) is 5.27. The number of H-pyrrole nitrogens is 1. The number of fused-ring (bicyclic) bond motifs is 1. The number of hydrogen-bond acceptors (Lipinski definition) is 4. The molecule has 0 spiro atoms. The summed E-state index contributed by atoms with van der Waals surface area (Å²) in [4.78, 5) is 21.4. The summed E-state index contributed by atoms with van der Waals surface area (Å²) in [6.45, 7) is 0. The van der Waals surface area contributed by atoms with Crippen LogP contribution in [0.1, 0.15) is 11.4 Å². The van der Waals surface area contributed by atoms with E-state index in [1.165, 1.54) is 23.5 Å². The number of halogens is 2. The highest BCUT2D eigenvalue weighted by atomic mass is 35.5. The molecule has 124 valence electrons. The Bertz CT molecular complexity index is 1150. The highest BCUT2D eigenvalue weighted by Gasteiger charge is 2.14. The van der Waals surface area contributed by atoms with Crippen molar-refractivity contribution in [2.75, 3.05) is 0 Å². The van der Waals surface area contributed by atoms with Gasteiger partial charge >= 0.3 is 0 Å². The highest BCUT2D eigenvalue weighted by molar-refractivity contribution is 7.18. The first-order valence-electron chi connectivity index (χ1n) is 7.30. The molecule has 1 N–H and O–H groups in total. The van der Waals surface area contributed by atoms with Crippen LogP contribution >= 0.6 is 34.3 Å². The lowest BCUT2D eigenvalue weighted by atomic mass is 10.2. The molecule has 25 heavy (non-hydrogen) atoms. The smallest absolute Gasteiger partial charge is 0.260 e. The number of nitrogens with zero attached hydrogens (tertiary/aromatic N) is 1. The molecule has 4 rings (SSSR count). The van der Waals surface area contributed by atoms with E-state index in [-0.39, 0.29) is 22.2 Å². The summed E-state index contributed by atoms with van der Waals surface area (Å²) in [5.41, 5.74) is 1.23. The molecule has 0 saturated carbocycles. The van der Waals surface area contributed by atoms with Gasteiger partial charge in [-0.25, -0.2) is 9.37 Å². The van der Waals surface area contributed by atoms with Crippen LogP contribution in [0.4, 0.5) is 4.39 Å². The number of benzene rings is 1. The monoisotopic (exact) mass is 388 g/mol. The molecule has 0 aliphatic rings. The van der Waals surface area contributed by atoms with Crippen molar-refractivity contribution in [2.24, 2.45) is 0 Å². The van der Waals surface area contributed by atoms with Crippen molar-refractivity contribution in [3.63, 3.8) is 0 Å². The lowest BCUT2D eigenvalue weighted by molar-refractivity contribution is 0.627. The van der Waals surface area contributed by atoms with Crippen molar-refractivity contribution >= 4 is 55.6 Å². The minimum Gasteiger partial charge on any atom is -0.305 e. The molecule has 0 fully saturated rings. The molecular weight excluding hydrogens is 379 g/mol. The molecule has 3 nitrogen and oxygen atoms in total. The lowest BCUT2D eigenvalue weighted by Crippen LogP contribution is -2.10. The Morgan fingerprint density at radius 2 is 2.12 bits per heavy atom. The second kappa shape index (κ2) is 6.55. The van der Waals surface area contributed by atoms with E-state index in [2.05, 4.69) is 9.97 Å². The summed E-state index contributed by atoms with van der Waals surface area (Å²) in [6, 6.07) is 9.95. The first kappa shape index (κ1) is 16.2. The maximum absolute atomic E-state index is 13.3. The zero-order chi connectivity index (χ0) is 17.4. The van der Waals surface area contributed by atoms with E-state index in [1.54, 1.807) is 29.5 Å². The van der Waals surface area contributed by atoms with Gasteiger partial charge in [-0.3, -0.25) is 4.79 Å². The summed E-state index contributed by atoms with van der Waals surface area (Å²) in [5.74, 6) is -0.0861. The van der Waals surface area contributed by atoms with Crippen LogP contribution in [0.25, 0.3) is 31.8 Å². The van der Waals surface area contributed by atoms with E-state index in [9.17, 15) is 9.18 Å². The Balaban J connectivity index is 1.81. The molecule has 0 unspecified atom stereocenters. The van der Waals surface area contributed by atoms with Gasteiger partial charge in [-0.1, -0.05) is 29.8 Å². The molecule has 7 heteroatoms. The predicted molar refractivity (Wildman–Crippen MR) is 104 cm³/mol. The summed E-state index contributed by atoms with van der Waals surface area (Å²) in [6.07, 6.45) is 1.57. The van der Waals surface area contributed by atoms with Gasteiger partial charge in [-0.2, -0.15) is 0 Å². The first-order chi connectivity index (χ1) is 12.1. The fraction of sp³-hybridized carbons (Fsp3) is 0. The fourth-order valence-corrected chi connectivity index (χ4v) is 4.46. The fourth-order valence-electron chi connectivity index (χ4n) is 2.49. The number of rotatable bonds is 3. The van der Waals surface area contributed by atoms with Crippen molar-refractivity contribution < 1.29 is 4.39 Å². The normalized spacial score (nSPS) is 12.0. The molecule has 0 radical (unpaired) electrons. The standard InChI is InChI=1S/C18H10ClFN2OS2/c19-13(8-10-3-1-4-11(20)7-10)16-21-17(23)15-12(9-25-18(15)22-16)14-5-2-6-24-14/h1-9H,(H,21,22,23). The van der Waals surface area contributed by atoms with E-state index in [1.807, 2.05) is 22.9 Å². The Morgan fingerprint density at radius 1 is 1.24 bits per heavy atom. The van der Waals surface area contributed by atoms with Crippen LogP contribution in [0.3, 0.4) is 0 Å². The van der Waals surface area contributed by atoms with Crippen LogP contribution in [0.2, 0.25) is 0 Å². The summed E-state index contributed by atoms with van der Waals surface area (Å²) in [7, 11) is 0. The zero-order valence-corrected chi connectivity index (χ0v) is 15.0. The maximum Gasteiger partial charge on any atom is 0.260 e. The average molecular weight is 389 g/mol. The number of aromatic amines is 1. The molecule has 3 heterocycles. The van der Waals surface area contributed by atoms with Gasteiger partial charge in [0.15, 0.2) is 5.82 Å². The molecule has 3 aromatic heterocycles. The number of thiophene rings is 2. The van der Waals surface area contributed by atoms with Crippen molar-refractivity contribution in [1.29, 1.82) is 0 Å². The van der Waals surface area contributed by atoms with Crippen molar-refractivity contribution in [3.05, 3.63) is 74.7 Å². The molecular formula is C18H10ClFN2OS2. The third-order valence-corrected chi connectivity index (χ3v) is 5.66. The van der Waals surface area contributed by atoms with Crippen molar-refractivity contribution in [1.82, 2.24) is 9.97 Å². The van der Waals surface area contributed by atoms with Gasteiger partial charge in [-0.15, -0.1) is 22.7 Å². The Kier molecular flexibility index (Phi) is 4.25. The predicted octanol–water partition coefficient (Wildman–Crippen LogP) is 5.59. The topological polar surface area (TPSA) is 45.8 Å².